The third-order valence-corrected chi connectivity index (χ3v) is 4.10. The van der Waals surface area contributed by atoms with Crippen molar-refractivity contribution >= 4 is 23.2 Å². The van der Waals surface area contributed by atoms with Gasteiger partial charge in [-0.2, -0.15) is 0 Å². The topological polar surface area (TPSA) is 76.7 Å². The molecule has 150 valence electrons. The number of rotatable bonds is 9. The van der Waals surface area contributed by atoms with E-state index in [1.165, 1.54) is 7.11 Å². The monoisotopic (exact) mass is 384 g/mol. The molecule has 0 radical (unpaired) electrons. The summed E-state index contributed by atoms with van der Waals surface area (Å²) in [5, 5.41) is 5.66. The highest BCUT2D eigenvalue weighted by molar-refractivity contribution is 6.05. The zero-order chi connectivity index (χ0) is 20.5. The van der Waals surface area contributed by atoms with Crippen LogP contribution in [0.15, 0.2) is 42.5 Å². The molecule has 0 atom stereocenters. The Kier molecular flexibility index (Phi) is 7.87. The Bertz CT molecular complexity index is 818. The van der Waals surface area contributed by atoms with E-state index in [0.29, 0.717) is 35.0 Å². The highest BCUT2D eigenvalue weighted by atomic mass is 16.5. The fraction of sp³-hybridized carbons (Fsp3) is 0.364. The Labute approximate surface area is 166 Å². The van der Waals surface area contributed by atoms with Crippen molar-refractivity contribution in [3.8, 4) is 11.5 Å². The molecule has 0 unspecified atom stereocenters. The van der Waals surface area contributed by atoms with Gasteiger partial charge in [-0.1, -0.05) is 33.3 Å². The highest BCUT2D eigenvalue weighted by Crippen LogP contribution is 2.28. The molecule has 0 bridgehead atoms. The Morgan fingerprint density at radius 3 is 2.54 bits per heavy atom. The fourth-order valence-electron chi connectivity index (χ4n) is 2.41. The first-order valence-corrected chi connectivity index (χ1v) is 9.47. The normalized spacial score (nSPS) is 10.5. The van der Waals surface area contributed by atoms with Crippen molar-refractivity contribution < 1.29 is 19.1 Å². The number of carbonyl (C=O) groups is 2. The maximum absolute atomic E-state index is 12.6. The average Bonchev–Trinajstić information content (AvgIpc) is 2.69. The summed E-state index contributed by atoms with van der Waals surface area (Å²) in [7, 11) is 1.52. The minimum Gasteiger partial charge on any atom is -0.494 e. The molecule has 0 aromatic heterocycles. The third-order valence-electron chi connectivity index (χ3n) is 4.10. The predicted octanol–water partition coefficient (Wildman–Crippen LogP) is 4.72. The largest absolute Gasteiger partial charge is 0.494 e. The van der Waals surface area contributed by atoms with Crippen LogP contribution in [0.1, 0.15) is 44.0 Å². The number of hydrogen-bond donors (Lipinski definition) is 2. The maximum Gasteiger partial charge on any atom is 0.255 e. The third kappa shape index (κ3) is 6.01. The van der Waals surface area contributed by atoms with Gasteiger partial charge in [0, 0.05) is 23.2 Å². The lowest BCUT2D eigenvalue weighted by Gasteiger charge is -2.14. The van der Waals surface area contributed by atoms with E-state index in [-0.39, 0.29) is 17.7 Å². The molecule has 2 N–H and O–H groups in total. The summed E-state index contributed by atoms with van der Waals surface area (Å²) in [6.45, 7) is 6.36. The number of anilines is 2. The van der Waals surface area contributed by atoms with Gasteiger partial charge in [0.15, 0.2) is 0 Å². The van der Waals surface area contributed by atoms with Gasteiger partial charge in [0.1, 0.15) is 11.5 Å². The van der Waals surface area contributed by atoms with Crippen LogP contribution in [0.4, 0.5) is 11.4 Å². The molecule has 6 heteroatoms. The molecule has 2 aromatic carbocycles. The smallest absolute Gasteiger partial charge is 0.255 e. The molecular formula is C22H28N2O4. The second-order valence-electron chi connectivity index (χ2n) is 6.74. The number of hydrogen-bond acceptors (Lipinski definition) is 4. The van der Waals surface area contributed by atoms with Gasteiger partial charge in [0.25, 0.3) is 5.91 Å². The lowest BCUT2D eigenvalue weighted by molar-refractivity contribution is -0.118. The van der Waals surface area contributed by atoms with Gasteiger partial charge in [0.05, 0.1) is 19.4 Å². The van der Waals surface area contributed by atoms with Gasteiger partial charge in [-0.15, -0.1) is 0 Å². The maximum atomic E-state index is 12.6. The summed E-state index contributed by atoms with van der Waals surface area (Å²) >= 11 is 0. The molecule has 28 heavy (non-hydrogen) atoms. The molecule has 6 nitrogen and oxygen atoms in total. The zero-order valence-electron chi connectivity index (χ0n) is 16.9. The van der Waals surface area contributed by atoms with E-state index < -0.39 is 0 Å². The molecule has 0 fully saturated rings. The standard InChI is InChI=1S/C22H28N2O4/c1-5-6-12-28-18-9-7-8-16(13-18)22(26)23-17-10-11-19(20(14-17)27-4)24-21(25)15(2)3/h7-11,13-15H,5-6,12H2,1-4H3,(H,23,26)(H,24,25). The van der Waals surface area contributed by atoms with Crippen LogP contribution < -0.4 is 20.1 Å². The quantitative estimate of drug-likeness (QED) is 0.613. The van der Waals surface area contributed by atoms with E-state index in [1.807, 2.05) is 19.9 Å². The SMILES string of the molecule is CCCCOc1cccc(C(=O)Nc2ccc(NC(=O)C(C)C)c(OC)c2)c1. The second kappa shape index (κ2) is 10.3. The van der Waals surface area contributed by atoms with Crippen LogP contribution in [0.3, 0.4) is 0 Å². The van der Waals surface area contributed by atoms with Crippen LogP contribution in [0.25, 0.3) is 0 Å². The number of unbranched alkanes of at least 4 members (excludes halogenated alkanes) is 1. The van der Waals surface area contributed by atoms with Crippen molar-refractivity contribution in [1.82, 2.24) is 0 Å². The van der Waals surface area contributed by atoms with E-state index in [0.717, 1.165) is 12.8 Å². The van der Waals surface area contributed by atoms with Crippen molar-refractivity contribution in [3.05, 3.63) is 48.0 Å². The van der Waals surface area contributed by atoms with Gasteiger partial charge in [0.2, 0.25) is 5.91 Å². The number of carbonyl (C=O) groups excluding carboxylic acids is 2. The van der Waals surface area contributed by atoms with Crippen molar-refractivity contribution in [2.45, 2.75) is 33.6 Å². The van der Waals surface area contributed by atoms with Gasteiger partial charge >= 0.3 is 0 Å². The molecule has 0 spiro atoms. The predicted molar refractivity (Wildman–Crippen MR) is 111 cm³/mol. The van der Waals surface area contributed by atoms with Crippen LogP contribution in [0, 0.1) is 5.92 Å². The summed E-state index contributed by atoms with van der Waals surface area (Å²) in [4.78, 5) is 24.5. The van der Waals surface area contributed by atoms with E-state index in [1.54, 1.807) is 36.4 Å². The molecule has 2 aromatic rings. The van der Waals surface area contributed by atoms with Crippen molar-refractivity contribution in [1.29, 1.82) is 0 Å². The molecule has 0 heterocycles. The first-order chi connectivity index (χ1) is 13.4. The number of nitrogens with one attached hydrogen (secondary N) is 2. The Morgan fingerprint density at radius 1 is 1.07 bits per heavy atom. The molecule has 0 aliphatic heterocycles. The highest BCUT2D eigenvalue weighted by Gasteiger charge is 2.13. The minimum absolute atomic E-state index is 0.102. The fourth-order valence-corrected chi connectivity index (χ4v) is 2.41. The molecular weight excluding hydrogens is 356 g/mol. The van der Waals surface area contributed by atoms with Gasteiger partial charge in [-0.25, -0.2) is 0 Å². The van der Waals surface area contributed by atoms with E-state index >= 15 is 0 Å². The van der Waals surface area contributed by atoms with E-state index in [2.05, 4.69) is 17.6 Å². The molecule has 0 saturated heterocycles. The Morgan fingerprint density at radius 2 is 1.86 bits per heavy atom. The van der Waals surface area contributed by atoms with Crippen LogP contribution >= 0.6 is 0 Å². The molecule has 0 aliphatic carbocycles. The van der Waals surface area contributed by atoms with Crippen LogP contribution in [0.2, 0.25) is 0 Å². The lowest BCUT2D eigenvalue weighted by Crippen LogP contribution is -2.18. The number of ether oxygens (including phenoxy) is 2. The van der Waals surface area contributed by atoms with E-state index in [9.17, 15) is 9.59 Å². The average molecular weight is 384 g/mol. The lowest BCUT2D eigenvalue weighted by atomic mass is 10.1. The summed E-state index contributed by atoms with van der Waals surface area (Å²) in [6, 6.07) is 12.2. The Hall–Kier alpha value is -3.02. The van der Waals surface area contributed by atoms with E-state index in [4.69, 9.17) is 9.47 Å². The number of benzene rings is 2. The molecule has 0 aliphatic rings. The number of methoxy groups -OCH3 is 1. The first-order valence-electron chi connectivity index (χ1n) is 9.47. The van der Waals surface area contributed by atoms with Gasteiger partial charge in [-0.3, -0.25) is 9.59 Å². The second-order valence-corrected chi connectivity index (χ2v) is 6.74. The molecule has 2 amide bonds. The zero-order valence-corrected chi connectivity index (χ0v) is 16.9. The van der Waals surface area contributed by atoms with Gasteiger partial charge in [-0.05, 0) is 36.8 Å². The summed E-state index contributed by atoms with van der Waals surface area (Å²) < 4.78 is 11.0. The summed E-state index contributed by atoms with van der Waals surface area (Å²) in [5.41, 5.74) is 1.64. The molecule has 0 saturated carbocycles. The Balaban J connectivity index is 2.09. The van der Waals surface area contributed by atoms with Gasteiger partial charge < -0.3 is 20.1 Å². The van der Waals surface area contributed by atoms with Crippen LogP contribution in [0.5, 0.6) is 11.5 Å². The number of amides is 2. The van der Waals surface area contributed by atoms with Crippen LogP contribution in [-0.2, 0) is 4.79 Å². The van der Waals surface area contributed by atoms with Crippen molar-refractivity contribution in [3.63, 3.8) is 0 Å². The summed E-state index contributed by atoms with van der Waals surface area (Å²) in [5.74, 6) is 0.654. The first kappa shape index (κ1) is 21.3. The molecule has 2 rings (SSSR count). The van der Waals surface area contributed by atoms with Crippen LogP contribution in [-0.4, -0.2) is 25.5 Å². The summed E-state index contributed by atoms with van der Waals surface area (Å²) in [6.07, 6.45) is 2.02. The van der Waals surface area contributed by atoms with Crippen molar-refractivity contribution in [2.24, 2.45) is 5.92 Å². The minimum atomic E-state index is -0.248. The van der Waals surface area contributed by atoms with Crippen molar-refractivity contribution in [2.75, 3.05) is 24.4 Å².